The lowest BCUT2D eigenvalue weighted by atomic mass is 9.76. The number of benzene rings is 4. The lowest BCUT2D eigenvalue weighted by Gasteiger charge is -2.28. The van der Waals surface area contributed by atoms with Gasteiger partial charge in [0, 0.05) is 33.7 Å². The number of allylic oxidation sites excluding steroid dienone is 11. The molecule has 10 rings (SSSR count). The smallest absolute Gasteiger partial charge is 0.166 e. The number of furan rings is 2. The van der Waals surface area contributed by atoms with E-state index in [2.05, 4.69) is 105 Å². The first kappa shape index (κ1) is 33.9. The first-order chi connectivity index (χ1) is 27.4. The number of nitrogens with zero attached hydrogens (tertiary/aromatic N) is 3. The summed E-state index contributed by atoms with van der Waals surface area (Å²) in [6.07, 6.45) is 22.3. The Balaban J connectivity index is 1.14. The fraction of sp³-hybridized carbons (Fsp3) is 0.157. The molecule has 0 amide bonds. The van der Waals surface area contributed by atoms with Crippen molar-refractivity contribution in [2.45, 2.75) is 52.9 Å². The van der Waals surface area contributed by atoms with Crippen LogP contribution >= 0.6 is 0 Å². The highest BCUT2D eigenvalue weighted by molar-refractivity contribution is 6.13. The lowest BCUT2D eigenvalue weighted by molar-refractivity contribution is 0.598. The van der Waals surface area contributed by atoms with Crippen molar-refractivity contribution in [3.05, 3.63) is 178 Å². The number of rotatable bonds is 7. The Morgan fingerprint density at radius 1 is 0.786 bits per heavy atom. The topological polar surface area (TPSA) is 65.0 Å². The summed E-state index contributed by atoms with van der Waals surface area (Å²) in [5.41, 5.74) is 16.7. The highest BCUT2D eigenvalue weighted by atomic mass is 16.3. The van der Waals surface area contributed by atoms with Crippen LogP contribution in [0.4, 0.5) is 0 Å². The first-order valence-corrected chi connectivity index (χ1v) is 19.5. The maximum Gasteiger partial charge on any atom is 0.166 e. The van der Waals surface area contributed by atoms with Gasteiger partial charge in [-0.05, 0) is 121 Å². The Morgan fingerprint density at radius 3 is 2.54 bits per heavy atom. The van der Waals surface area contributed by atoms with Gasteiger partial charge < -0.3 is 8.83 Å². The van der Waals surface area contributed by atoms with Gasteiger partial charge in [-0.3, -0.25) is 0 Å². The van der Waals surface area contributed by atoms with E-state index >= 15 is 0 Å². The SMILES string of the molecule is C=C(c1nc(CC2=CCCC=C2)nc(-c2cccc3oc4ccc(-c5ccc(C)c6c5CC=C5CC=CC(C)=C56)cc4c23)n1)c1oc2ccccc2c1/C=C\C. The first-order valence-electron chi connectivity index (χ1n) is 19.5. The maximum atomic E-state index is 6.54. The minimum atomic E-state index is 0.488. The highest BCUT2D eigenvalue weighted by Crippen LogP contribution is 2.45. The van der Waals surface area contributed by atoms with Crippen LogP contribution in [0.15, 0.2) is 147 Å². The monoisotopic (exact) mass is 727 g/mol. The Kier molecular flexibility index (Phi) is 8.25. The van der Waals surface area contributed by atoms with Gasteiger partial charge in [-0.25, -0.2) is 15.0 Å². The van der Waals surface area contributed by atoms with Crippen LogP contribution in [0.25, 0.3) is 72.6 Å². The summed E-state index contributed by atoms with van der Waals surface area (Å²) in [7, 11) is 0. The molecule has 0 radical (unpaired) electrons. The molecule has 0 N–H and O–H groups in total. The average molecular weight is 728 g/mol. The normalized spacial score (nSPS) is 15.2. The molecule has 7 aromatic rings. The van der Waals surface area contributed by atoms with Gasteiger partial charge in [0.1, 0.15) is 28.3 Å². The molecule has 0 atom stereocenters. The van der Waals surface area contributed by atoms with E-state index in [0.29, 0.717) is 35.2 Å². The van der Waals surface area contributed by atoms with E-state index < -0.39 is 0 Å². The van der Waals surface area contributed by atoms with Crippen molar-refractivity contribution in [3.8, 4) is 22.5 Å². The Hall–Kier alpha value is -6.59. The molecular weight excluding hydrogens is 687 g/mol. The number of hydrogen-bond acceptors (Lipinski definition) is 5. The predicted molar refractivity (Wildman–Crippen MR) is 230 cm³/mol. The third-order valence-corrected chi connectivity index (χ3v) is 11.4. The molecule has 56 heavy (non-hydrogen) atoms. The lowest BCUT2D eigenvalue weighted by Crippen LogP contribution is -2.09. The summed E-state index contributed by atoms with van der Waals surface area (Å²) in [4.78, 5) is 15.4. The van der Waals surface area contributed by atoms with Gasteiger partial charge in [-0.15, -0.1) is 0 Å². The van der Waals surface area contributed by atoms with Gasteiger partial charge in [-0.1, -0.05) is 104 Å². The molecule has 0 aliphatic heterocycles. The van der Waals surface area contributed by atoms with E-state index in [0.717, 1.165) is 75.3 Å². The molecule has 0 spiro atoms. The number of hydrogen-bond donors (Lipinski definition) is 0. The number of para-hydroxylation sites is 1. The van der Waals surface area contributed by atoms with E-state index in [1.54, 1.807) is 0 Å². The van der Waals surface area contributed by atoms with Crippen LogP contribution in [0, 0.1) is 6.92 Å². The van der Waals surface area contributed by atoms with Crippen molar-refractivity contribution in [2.75, 3.05) is 0 Å². The summed E-state index contributed by atoms with van der Waals surface area (Å²) in [5.74, 6) is 2.40. The van der Waals surface area contributed by atoms with Crippen LogP contribution in [-0.2, 0) is 12.8 Å². The standard InChI is InChI=1S/C51H41N3O2/c1-5-13-39-37-18-9-10-20-42(37)56-49(39)32(4)50-52-45(28-33-15-7-6-8-16-33)53-51(54-50)40-19-12-21-44-48(40)41-29-35(24-27-43(41)55-44)36-25-22-31(3)47-38(36)26-23-34-17-11-14-30(2)46(34)47/h5,7,9-16,18-25,27,29H,4,6,8,17,26,28H2,1-3H3/b13-5-. The van der Waals surface area contributed by atoms with Gasteiger partial charge in [0.2, 0.25) is 0 Å². The molecule has 3 aromatic heterocycles. The second kappa shape index (κ2) is 13.6. The van der Waals surface area contributed by atoms with E-state index in [4.69, 9.17) is 23.8 Å². The molecule has 3 aliphatic carbocycles. The quantitative estimate of drug-likeness (QED) is 0.164. The van der Waals surface area contributed by atoms with Crippen molar-refractivity contribution in [3.63, 3.8) is 0 Å². The molecule has 0 bridgehead atoms. The minimum Gasteiger partial charge on any atom is -0.456 e. The molecule has 5 nitrogen and oxygen atoms in total. The summed E-state index contributed by atoms with van der Waals surface area (Å²) < 4.78 is 13.0. The summed E-state index contributed by atoms with van der Waals surface area (Å²) >= 11 is 0. The van der Waals surface area contributed by atoms with Gasteiger partial charge >= 0.3 is 0 Å². The second-order valence-electron chi connectivity index (χ2n) is 15.0. The zero-order valence-corrected chi connectivity index (χ0v) is 31.9. The summed E-state index contributed by atoms with van der Waals surface area (Å²) in [5, 5.41) is 3.03. The van der Waals surface area contributed by atoms with Crippen LogP contribution in [0.3, 0.4) is 0 Å². The Morgan fingerprint density at radius 2 is 1.66 bits per heavy atom. The molecular formula is C51H41N3O2. The van der Waals surface area contributed by atoms with E-state index in [9.17, 15) is 0 Å². The van der Waals surface area contributed by atoms with Crippen molar-refractivity contribution in [2.24, 2.45) is 0 Å². The molecule has 272 valence electrons. The predicted octanol–water partition coefficient (Wildman–Crippen LogP) is 13.3. The molecule has 4 aromatic carbocycles. The average Bonchev–Trinajstić information content (AvgIpc) is 3.79. The highest BCUT2D eigenvalue weighted by Gasteiger charge is 2.26. The van der Waals surface area contributed by atoms with Gasteiger partial charge in [0.05, 0.1) is 5.57 Å². The minimum absolute atomic E-state index is 0.488. The zero-order valence-electron chi connectivity index (χ0n) is 31.9. The van der Waals surface area contributed by atoms with E-state index in [-0.39, 0.29) is 0 Å². The summed E-state index contributed by atoms with van der Waals surface area (Å²) in [6.45, 7) is 11.0. The van der Waals surface area contributed by atoms with Crippen molar-refractivity contribution < 1.29 is 8.83 Å². The van der Waals surface area contributed by atoms with E-state index in [1.165, 1.54) is 44.5 Å². The van der Waals surface area contributed by atoms with Gasteiger partial charge in [0.15, 0.2) is 11.6 Å². The third-order valence-electron chi connectivity index (χ3n) is 11.4. The third kappa shape index (κ3) is 5.65. The van der Waals surface area contributed by atoms with Gasteiger partial charge in [0.25, 0.3) is 0 Å². The molecule has 0 fully saturated rings. The molecule has 3 heterocycles. The van der Waals surface area contributed by atoms with Crippen LogP contribution in [0.1, 0.15) is 72.8 Å². The molecule has 0 saturated heterocycles. The van der Waals surface area contributed by atoms with Crippen LogP contribution < -0.4 is 0 Å². The fourth-order valence-corrected chi connectivity index (χ4v) is 8.80. The Bertz CT molecular complexity index is 2990. The van der Waals surface area contributed by atoms with Crippen LogP contribution in [0.5, 0.6) is 0 Å². The zero-order chi connectivity index (χ0) is 37.9. The Labute approximate surface area is 326 Å². The fourth-order valence-electron chi connectivity index (χ4n) is 8.80. The molecule has 0 unspecified atom stereocenters. The second-order valence-corrected chi connectivity index (χ2v) is 15.0. The summed E-state index contributed by atoms with van der Waals surface area (Å²) in [6, 6.07) is 25.4. The van der Waals surface area contributed by atoms with Crippen molar-refractivity contribution in [1.29, 1.82) is 0 Å². The van der Waals surface area contributed by atoms with Gasteiger partial charge in [-0.2, -0.15) is 0 Å². The van der Waals surface area contributed by atoms with E-state index in [1.807, 2.05) is 43.3 Å². The van der Waals surface area contributed by atoms with Crippen molar-refractivity contribution >= 4 is 50.1 Å². The largest absolute Gasteiger partial charge is 0.456 e. The van der Waals surface area contributed by atoms with Crippen molar-refractivity contribution in [1.82, 2.24) is 15.0 Å². The molecule has 5 heteroatoms. The van der Waals surface area contributed by atoms with Crippen LogP contribution in [0.2, 0.25) is 0 Å². The molecule has 0 saturated carbocycles. The number of aromatic nitrogens is 3. The molecule has 3 aliphatic rings. The van der Waals surface area contributed by atoms with Crippen LogP contribution in [-0.4, -0.2) is 15.0 Å². The number of fused-ring (bicyclic) bond motifs is 7. The number of aryl methyl sites for hydroxylation is 1. The maximum absolute atomic E-state index is 6.54.